The van der Waals surface area contributed by atoms with Crippen molar-refractivity contribution in [2.24, 2.45) is 5.73 Å². The van der Waals surface area contributed by atoms with Gasteiger partial charge in [0.25, 0.3) is 5.91 Å². The van der Waals surface area contributed by atoms with Crippen LogP contribution in [0.2, 0.25) is 5.02 Å². The van der Waals surface area contributed by atoms with E-state index in [9.17, 15) is 18.0 Å². The molecule has 1 atom stereocenters. The number of carbonyl (C=O) groups is 1. The van der Waals surface area contributed by atoms with Gasteiger partial charge in [0.2, 0.25) is 0 Å². The minimum absolute atomic E-state index is 0.0412. The molecule has 6 N–H and O–H groups in total. The number of amidine groups is 1. The van der Waals surface area contributed by atoms with Gasteiger partial charge in [0.15, 0.2) is 0 Å². The van der Waals surface area contributed by atoms with E-state index in [1.807, 2.05) is 0 Å². The van der Waals surface area contributed by atoms with Crippen molar-refractivity contribution in [2.75, 3.05) is 19.7 Å². The molecule has 0 fully saturated rings. The lowest BCUT2D eigenvalue weighted by Gasteiger charge is -2.36. The van der Waals surface area contributed by atoms with Crippen LogP contribution in [0.5, 0.6) is 0 Å². The summed E-state index contributed by atoms with van der Waals surface area (Å²) in [4.78, 5) is 14.2. The normalized spacial score (nSPS) is 17.4. The molecule has 7 nitrogen and oxygen atoms in total. The number of nitrogens with zero attached hydrogens (tertiary/aromatic N) is 1. The Labute approximate surface area is 176 Å². The van der Waals surface area contributed by atoms with Crippen molar-refractivity contribution in [3.63, 3.8) is 0 Å². The van der Waals surface area contributed by atoms with Crippen LogP contribution < -0.4 is 16.4 Å². The van der Waals surface area contributed by atoms with E-state index in [1.54, 1.807) is 6.92 Å². The summed E-state index contributed by atoms with van der Waals surface area (Å²) in [6, 6.07) is 2.61. The fourth-order valence-electron chi connectivity index (χ4n) is 2.97. The zero-order chi connectivity index (χ0) is 22.5. The second kappa shape index (κ2) is 9.86. The predicted octanol–water partition coefficient (Wildman–Crippen LogP) is 2.43. The maximum absolute atomic E-state index is 13.1. The highest BCUT2D eigenvalue weighted by atomic mass is 35.5. The predicted molar refractivity (Wildman–Crippen MR) is 108 cm³/mol. The number of nitrogens with two attached hydrogens (primary N) is 1. The molecule has 0 radical (unpaired) electrons. The van der Waals surface area contributed by atoms with Gasteiger partial charge in [-0.25, -0.2) is 0 Å². The topological polar surface area (TPSA) is 114 Å². The first-order valence-electron chi connectivity index (χ1n) is 9.09. The van der Waals surface area contributed by atoms with Gasteiger partial charge in [0.1, 0.15) is 5.84 Å². The monoisotopic (exact) mass is 445 g/mol. The number of aliphatic hydroxyl groups excluding tert-OH is 1. The SMILES string of the molecule is CC1C(N)=C(NC(=N)/C=C\NCCO)CCN1C(=O)c1cccc(C(F)(F)F)c1Cl. The lowest BCUT2D eigenvalue weighted by molar-refractivity contribution is -0.137. The van der Waals surface area contributed by atoms with Crippen LogP contribution in [0.1, 0.15) is 29.3 Å². The smallest absolute Gasteiger partial charge is 0.399 e. The lowest BCUT2D eigenvalue weighted by atomic mass is 10.0. The van der Waals surface area contributed by atoms with Gasteiger partial charge in [-0.2, -0.15) is 13.2 Å². The molecule has 1 aliphatic rings. The largest absolute Gasteiger partial charge is 0.417 e. The number of amides is 1. The third-order valence-electron chi connectivity index (χ3n) is 4.57. The van der Waals surface area contributed by atoms with Crippen LogP contribution >= 0.6 is 11.6 Å². The number of halogens is 4. The van der Waals surface area contributed by atoms with E-state index >= 15 is 0 Å². The Morgan fingerprint density at radius 3 is 2.80 bits per heavy atom. The zero-order valence-electron chi connectivity index (χ0n) is 16.2. The van der Waals surface area contributed by atoms with Crippen molar-refractivity contribution in [3.05, 3.63) is 58.0 Å². The Morgan fingerprint density at radius 1 is 1.47 bits per heavy atom. The molecule has 11 heteroatoms. The summed E-state index contributed by atoms with van der Waals surface area (Å²) in [5.74, 6) is -0.602. The van der Waals surface area contributed by atoms with Gasteiger partial charge in [-0.3, -0.25) is 10.2 Å². The number of carbonyl (C=O) groups excluding carboxylic acids is 1. The Kier molecular flexibility index (Phi) is 7.74. The number of hydrogen-bond donors (Lipinski definition) is 5. The fraction of sp³-hybridized carbons (Fsp3) is 0.368. The molecule has 0 saturated carbocycles. The number of nitrogens with one attached hydrogen (secondary N) is 3. The highest BCUT2D eigenvalue weighted by Gasteiger charge is 2.36. The van der Waals surface area contributed by atoms with Crippen molar-refractivity contribution in [2.45, 2.75) is 25.6 Å². The molecule has 0 spiro atoms. The van der Waals surface area contributed by atoms with Crippen LogP contribution in [0.25, 0.3) is 0 Å². The summed E-state index contributed by atoms with van der Waals surface area (Å²) in [5, 5.41) is 21.6. The first-order valence-corrected chi connectivity index (χ1v) is 9.47. The van der Waals surface area contributed by atoms with Crippen molar-refractivity contribution in [1.29, 1.82) is 5.41 Å². The molecule has 0 aromatic heterocycles. The Balaban J connectivity index is 2.17. The summed E-state index contributed by atoms with van der Waals surface area (Å²) in [6.45, 7) is 2.15. The average molecular weight is 446 g/mol. The maximum atomic E-state index is 13.1. The summed E-state index contributed by atoms with van der Waals surface area (Å²) < 4.78 is 39.3. The summed E-state index contributed by atoms with van der Waals surface area (Å²) in [7, 11) is 0. The minimum atomic E-state index is -4.67. The Hall–Kier alpha value is -2.72. The minimum Gasteiger partial charge on any atom is -0.399 e. The second-order valence-electron chi connectivity index (χ2n) is 6.57. The zero-order valence-corrected chi connectivity index (χ0v) is 16.9. The van der Waals surface area contributed by atoms with Crippen LogP contribution in [-0.4, -0.2) is 47.5 Å². The molecular formula is C19H23ClF3N5O2. The summed E-state index contributed by atoms with van der Waals surface area (Å²) in [5.41, 5.74) is 5.68. The van der Waals surface area contributed by atoms with Crippen LogP contribution in [0.3, 0.4) is 0 Å². The molecule has 0 saturated heterocycles. The van der Waals surface area contributed by atoms with E-state index in [0.717, 1.165) is 12.1 Å². The Bertz CT molecular complexity index is 870. The van der Waals surface area contributed by atoms with Crippen LogP contribution in [-0.2, 0) is 6.18 Å². The highest BCUT2D eigenvalue weighted by Crippen LogP contribution is 2.37. The van der Waals surface area contributed by atoms with Crippen molar-refractivity contribution in [1.82, 2.24) is 15.5 Å². The van der Waals surface area contributed by atoms with Crippen molar-refractivity contribution >= 4 is 23.3 Å². The number of hydrogen-bond acceptors (Lipinski definition) is 5. The van der Waals surface area contributed by atoms with Gasteiger partial charge >= 0.3 is 6.18 Å². The summed E-state index contributed by atoms with van der Waals surface area (Å²) >= 11 is 5.88. The average Bonchev–Trinajstić information content (AvgIpc) is 2.68. The molecule has 1 amide bonds. The lowest BCUT2D eigenvalue weighted by Crippen LogP contribution is -2.47. The maximum Gasteiger partial charge on any atom is 0.417 e. The number of benzene rings is 1. The molecule has 1 aliphatic heterocycles. The van der Waals surface area contributed by atoms with E-state index < -0.39 is 28.7 Å². The van der Waals surface area contributed by atoms with Gasteiger partial charge in [-0.15, -0.1) is 0 Å². The molecule has 0 bridgehead atoms. The van der Waals surface area contributed by atoms with E-state index in [0.29, 0.717) is 24.4 Å². The van der Waals surface area contributed by atoms with Crippen molar-refractivity contribution in [3.8, 4) is 0 Å². The summed E-state index contributed by atoms with van der Waals surface area (Å²) in [6.07, 6.45) is -1.43. The fourth-order valence-corrected chi connectivity index (χ4v) is 3.28. The van der Waals surface area contributed by atoms with Gasteiger partial charge in [0.05, 0.1) is 34.5 Å². The molecule has 2 rings (SSSR count). The van der Waals surface area contributed by atoms with Crippen molar-refractivity contribution < 1.29 is 23.1 Å². The molecular weight excluding hydrogens is 423 g/mol. The first-order chi connectivity index (χ1) is 14.1. The number of aliphatic hydroxyl groups is 1. The number of rotatable bonds is 6. The van der Waals surface area contributed by atoms with Gasteiger partial charge in [0, 0.05) is 31.4 Å². The van der Waals surface area contributed by atoms with E-state index in [4.69, 9.17) is 27.9 Å². The number of alkyl halides is 3. The van der Waals surface area contributed by atoms with Gasteiger partial charge in [-0.05, 0) is 25.1 Å². The molecule has 164 valence electrons. The molecule has 1 heterocycles. The second-order valence-corrected chi connectivity index (χ2v) is 6.95. The van der Waals surface area contributed by atoms with E-state index in [-0.39, 0.29) is 24.6 Å². The molecule has 0 aliphatic carbocycles. The van der Waals surface area contributed by atoms with Crippen LogP contribution in [0.15, 0.2) is 41.9 Å². The Morgan fingerprint density at radius 2 is 2.17 bits per heavy atom. The van der Waals surface area contributed by atoms with Crippen LogP contribution in [0, 0.1) is 5.41 Å². The molecule has 1 aromatic rings. The standard InChI is InChI=1S/C19H23ClF3N5O2/c1-11-17(25)14(27-15(24)5-7-26-8-10-29)6-9-28(11)18(30)12-3-2-4-13(16(12)20)19(21,22)23/h2-5,7,11,26,29H,6,8-10,25H2,1H3,(H2,24,27)/b7-5-. The quantitative estimate of drug-likeness (QED) is 0.262. The van der Waals surface area contributed by atoms with Gasteiger partial charge < -0.3 is 26.4 Å². The molecule has 1 aromatic carbocycles. The molecule has 1 unspecified atom stereocenters. The van der Waals surface area contributed by atoms with Crippen LogP contribution in [0.4, 0.5) is 13.2 Å². The molecule has 30 heavy (non-hydrogen) atoms. The third-order valence-corrected chi connectivity index (χ3v) is 4.98. The highest BCUT2D eigenvalue weighted by molar-refractivity contribution is 6.34. The third kappa shape index (κ3) is 5.45. The first kappa shape index (κ1) is 23.6. The van der Waals surface area contributed by atoms with E-state index in [2.05, 4.69) is 10.6 Å². The van der Waals surface area contributed by atoms with E-state index in [1.165, 1.54) is 23.2 Å². The van der Waals surface area contributed by atoms with Gasteiger partial charge in [-0.1, -0.05) is 17.7 Å².